The van der Waals surface area contributed by atoms with E-state index in [-0.39, 0.29) is 24.1 Å². The van der Waals surface area contributed by atoms with Gasteiger partial charge in [-0.15, -0.1) is 0 Å². The zero-order chi connectivity index (χ0) is 20.2. The van der Waals surface area contributed by atoms with E-state index >= 15 is 0 Å². The number of hydrogen-bond acceptors (Lipinski definition) is 5. The molecule has 2 aromatic carbocycles. The molecule has 0 N–H and O–H groups in total. The Balaban J connectivity index is 1.52. The number of benzene rings is 2. The first-order valence-corrected chi connectivity index (χ1v) is 9.76. The van der Waals surface area contributed by atoms with Crippen molar-refractivity contribution in [1.82, 2.24) is 14.5 Å². The van der Waals surface area contributed by atoms with Crippen LogP contribution in [0.4, 0.5) is 0 Å². The van der Waals surface area contributed by atoms with Crippen LogP contribution in [0.2, 0.25) is 0 Å². The van der Waals surface area contributed by atoms with Crippen LogP contribution in [0.3, 0.4) is 0 Å². The van der Waals surface area contributed by atoms with Crippen LogP contribution in [0.25, 0.3) is 11.0 Å². The van der Waals surface area contributed by atoms with E-state index in [9.17, 15) is 9.59 Å². The van der Waals surface area contributed by atoms with Crippen molar-refractivity contribution < 1.29 is 14.3 Å². The molecule has 4 rings (SSSR count). The molecule has 1 aliphatic heterocycles. The number of rotatable bonds is 6. The fourth-order valence-corrected chi connectivity index (χ4v) is 3.50. The molecule has 29 heavy (non-hydrogen) atoms. The third-order valence-electron chi connectivity index (χ3n) is 4.88. The lowest BCUT2D eigenvalue weighted by Crippen LogP contribution is -2.45. The van der Waals surface area contributed by atoms with Crippen molar-refractivity contribution >= 4 is 16.9 Å². The average Bonchev–Trinajstić information content (AvgIpc) is 2.75. The second kappa shape index (κ2) is 8.34. The molecule has 0 saturated carbocycles. The van der Waals surface area contributed by atoms with Crippen molar-refractivity contribution in [1.29, 1.82) is 0 Å². The fraction of sp³-hybridized carbons (Fsp3) is 0.318. The van der Waals surface area contributed by atoms with Gasteiger partial charge in [0.25, 0.3) is 5.56 Å². The number of aromatic nitrogens is 2. The van der Waals surface area contributed by atoms with E-state index in [2.05, 4.69) is 4.98 Å². The van der Waals surface area contributed by atoms with Crippen molar-refractivity contribution in [3.63, 3.8) is 0 Å². The first-order valence-electron chi connectivity index (χ1n) is 9.76. The van der Waals surface area contributed by atoms with Gasteiger partial charge in [-0.25, -0.2) is 4.98 Å². The maximum Gasteiger partial charge on any atom is 0.269 e. The van der Waals surface area contributed by atoms with Gasteiger partial charge in [0.2, 0.25) is 5.91 Å². The highest BCUT2D eigenvalue weighted by molar-refractivity contribution is 5.80. The summed E-state index contributed by atoms with van der Waals surface area (Å²) in [4.78, 5) is 31.3. The summed E-state index contributed by atoms with van der Waals surface area (Å²) in [5.74, 6) is 1.27. The molecule has 0 radical (unpaired) electrons. The summed E-state index contributed by atoms with van der Waals surface area (Å²) < 4.78 is 13.2. The maximum absolute atomic E-state index is 13.1. The predicted molar refractivity (Wildman–Crippen MR) is 109 cm³/mol. The zero-order valence-electron chi connectivity index (χ0n) is 16.3. The van der Waals surface area contributed by atoms with E-state index in [0.717, 1.165) is 6.42 Å². The van der Waals surface area contributed by atoms with E-state index < -0.39 is 0 Å². The molecule has 2 heterocycles. The Labute approximate surface area is 168 Å². The SMILES string of the molecule is CCCN(C[C@@H]1COc2ccccc2O1)C(=O)Cn1c(=O)cnc2ccccc21. The molecule has 7 nitrogen and oxygen atoms in total. The molecule has 1 aliphatic rings. The maximum atomic E-state index is 13.1. The monoisotopic (exact) mass is 393 g/mol. The average molecular weight is 393 g/mol. The minimum Gasteiger partial charge on any atom is -0.486 e. The largest absolute Gasteiger partial charge is 0.486 e. The molecule has 1 atom stereocenters. The quantitative estimate of drug-likeness (QED) is 0.643. The number of fused-ring (bicyclic) bond motifs is 2. The molecule has 7 heteroatoms. The number of carbonyl (C=O) groups is 1. The zero-order valence-corrected chi connectivity index (χ0v) is 16.3. The summed E-state index contributed by atoms with van der Waals surface area (Å²) in [5, 5.41) is 0. The van der Waals surface area contributed by atoms with Crippen molar-refractivity contribution in [3.8, 4) is 11.5 Å². The number of para-hydroxylation sites is 4. The molecular weight excluding hydrogens is 370 g/mol. The summed E-state index contributed by atoms with van der Waals surface area (Å²) in [7, 11) is 0. The molecule has 3 aromatic rings. The summed E-state index contributed by atoms with van der Waals surface area (Å²) in [6, 6.07) is 14.8. The highest BCUT2D eigenvalue weighted by Crippen LogP contribution is 2.31. The van der Waals surface area contributed by atoms with Crippen molar-refractivity contribution in [2.45, 2.75) is 26.0 Å². The van der Waals surface area contributed by atoms with Crippen LogP contribution >= 0.6 is 0 Å². The molecule has 0 saturated heterocycles. The first-order chi connectivity index (χ1) is 14.2. The molecule has 1 amide bonds. The van der Waals surface area contributed by atoms with Gasteiger partial charge in [0.15, 0.2) is 17.6 Å². The molecular formula is C22H23N3O4. The minimum absolute atomic E-state index is 0.0357. The molecule has 150 valence electrons. The fourth-order valence-electron chi connectivity index (χ4n) is 3.50. The molecule has 0 aliphatic carbocycles. The second-order valence-corrected chi connectivity index (χ2v) is 7.01. The van der Waals surface area contributed by atoms with E-state index in [1.165, 1.54) is 10.8 Å². The van der Waals surface area contributed by atoms with E-state index in [1.54, 1.807) is 11.0 Å². The molecule has 0 bridgehead atoms. The third kappa shape index (κ3) is 4.08. The Morgan fingerprint density at radius 3 is 2.76 bits per heavy atom. The molecule has 0 unspecified atom stereocenters. The Morgan fingerprint density at radius 2 is 1.93 bits per heavy atom. The number of nitrogens with zero attached hydrogens (tertiary/aromatic N) is 3. The predicted octanol–water partition coefficient (Wildman–Crippen LogP) is 2.48. The Kier molecular flexibility index (Phi) is 5.46. The number of hydrogen-bond donors (Lipinski definition) is 0. The summed E-state index contributed by atoms with van der Waals surface area (Å²) in [6.45, 7) is 3.34. The third-order valence-corrected chi connectivity index (χ3v) is 4.88. The van der Waals surface area contributed by atoms with Gasteiger partial charge in [-0.2, -0.15) is 0 Å². The van der Waals surface area contributed by atoms with Crippen LogP contribution in [-0.4, -0.2) is 46.2 Å². The minimum atomic E-state index is -0.292. The van der Waals surface area contributed by atoms with Crippen LogP contribution in [0.15, 0.2) is 59.5 Å². The van der Waals surface area contributed by atoms with Crippen molar-refractivity contribution in [2.75, 3.05) is 19.7 Å². The summed E-state index contributed by atoms with van der Waals surface area (Å²) >= 11 is 0. The van der Waals surface area contributed by atoms with Gasteiger partial charge in [0, 0.05) is 6.54 Å². The normalized spacial score (nSPS) is 15.3. The van der Waals surface area contributed by atoms with Crippen LogP contribution in [0, 0.1) is 0 Å². The smallest absolute Gasteiger partial charge is 0.269 e. The van der Waals surface area contributed by atoms with Gasteiger partial charge in [-0.3, -0.25) is 14.2 Å². The standard InChI is InChI=1S/C22H23N3O4/c1-2-11-24(13-16-15-28-19-9-5-6-10-20(19)29-16)22(27)14-25-18-8-4-3-7-17(18)23-12-21(25)26/h3-10,12,16H,2,11,13-15H2,1H3/t16-/m1/s1. The first kappa shape index (κ1) is 19.0. The van der Waals surface area contributed by atoms with E-state index in [1.807, 2.05) is 49.4 Å². The van der Waals surface area contributed by atoms with Gasteiger partial charge in [-0.05, 0) is 30.7 Å². The van der Waals surface area contributed by atoms with Gasteiger partial charge in [0.1, 0.15) is 13.2 Å². The van der Waals surface area contributed by atoms with Gasteiger partial charge in [-0.1, -0.05) is 31.2 Å². The van der Waals surface area contributed by atoms with Crippen LogP contribution in [0.5, 0.6) is 11.5 Å². The summed E-state index contributed by atoms with van der Waals surface area (Å²) in [5.41, 5.74) is 1.04. The lowest BCUT2D eigenvalue weighted by atomic mass is 10.2. The molecule has 0 fully saturated rings. The van der Waals surface area contributed by atoms with Crippen molar-refractivity contribution in [2.24, 2.45) is 0 Å². The number of carbonyl (C=O) groups excluding carboxylic acids is 1. The van der Waals surface area contributed by atoms with E-state index in [0.29, 0.717) is 42.2 Å². The lowest BCUT2D eigenvalue weighted by Gasteiger charge is -2.31. The molecule has 1 aromatic heterocycles. The Hall–Kier alpha value is -3.35. The van der Waals surface area contributed by atoms with Crippen LogP contribution in [-0.2, 0) is 11.3 Å². The highest BCUT2D eigenvalue weighted by Gasteiger charge is 2.25. The number of amides is 1. The Bertz CT molecular complexity index is 1080. The van der Waals surface area contributed by atoms with Gasteiger partial charge in [0.05, 0.1) is 23.8 Å². The van der Waals surface area contributed by atoms with Crippen LogP contribution in [0.1, 0.15) is 13.3 Å². The number of ether oxygens (including phenoxy) is 2. The van der Waals surface area contributed by atoms with Crippen LogP contribution < -0.4 is 15.0 Å². The van der Waals surface area contributed by atoms with Crippen molar-refractivity contribution in [3.05, 3.63) is 65.1 Å². The van der Waals surface area contributed by atoms with Gasteiger partial charge < -0.3 is 14.4 Å². The second-order valence-electron chi connectivity index (χ2n) is 7.01. The van der Waals surface area contributed by atoms with Gasteiger partial charge >= 0.3 is 0 Å². The Morgan fingerprint density at radius 1 is 1.17 bits per heavy atom. The summed E-state index contributed by atoms with van der Waals surface area (Å²) in [6.07, 6.45) is 1.81. The lowest BCUT2D eigenvalue weighted by molar-refractivity contribution is -0.133. The topological polar surface area (TPSA) is 73.7 Å². The molecule has 0 spiro atoms. The van der Waals surface area contributed by atoms with E-state index in [4.69, 9.17) is 9.47 Å². The highest BCUT2D eigenvalue weighted by atomic mass is 16.6.